The van der Waals surface area contributed by atoms with Gasteiger partial charge in [-0.2, -0.15) is 0 Å². The Balaban J connectivity index is 0.957. The maximum Gasteiger partial charge on any atom is 0.407 e. The van der Waals surface area contributed by atoms with Crippen LogP contribution in [0, 0.1) is 12.8 Å². The van der Waals surface area contributed by atoms with E-state index >= 15 is 4.79 Å². The molecule has 91 heavy (non-hydrogen) atoms. The molecular formula is C60H57N15O10S6. The number of hydrogen-bond acceptors (Lipinski definition) is 24. The molecule has 0 saturated carbocycles. The first-order chi connectivity index (χ1) is 43.9. The first kappa shape index (κ1) is 62.4. The molecule has 3 aliphatic heterocycles. The standard InChI is InChI=1S/C60H57N15O10S6/c1-28-42(85-60(84)63-16-19-74-17-6-7-18-74)22-75-47(28)58-71-41(27-90-58)55-67-37(23-87-55)45-33(14-15-34(64-45)54-68-38(24-88-54)49(62)79)53-69-39(25-86-53)50(80)65-35(21-43(61)77)56-73-44(29(2)91-56)52(82)72-46(48(78)31-8-4-3-5-9-31)57-70-40(26-89-57)51(81)66-36(59(75)83)20-30-10-12-32(76)13-11-30/h3-5,8-15,23-28,35-36,42,46-48,76,78H,6-7,16-22H2,1-2H3,(H2,61,77)(H2,62,79)(H,63,84)(H,65,80)(H,66,81)(H,72,82)/t28-,35-,36-,42-,46-,47-,48+/m0/s1. The monoisotopic (exact) mass is 1340 g/mol. The maximum atomic E-state index is 15.7. The maximum absolute atomic E-state index is 15.7. The lowest BCUT2D eigenvalue weighted by Crippen LogP contribution is -2.50. The number of aryl methyl sites for hydroxylation is 1. The van der Waals surface area contributed by atoms with E-state index in [9.17, 15) is 39.0 Å². The number of ether oxygens (including phenoxy) is 1. The minimum Gasteiger partial charge on any atom is -0.508 e. The lowest BCUT2D eigenvalue weighted by atomic mass is 10.00. The second-order valence-electron chi connectivity index (χ2n) is 21.8. The number of rotatable bonds is 12. The predicted molar refractivity (Wildman–Crippen MR) is 342 cm³/mol. The normalized spacial score (nSPS) is 20.1. The summed E-state index contributed by atoms with van der Waals surface area (Å²) in [5.74, 6) is -4.81. The van der Waals surface area contributed by atoms with Gasteiger partial charge in [0, 0.05) is 62.8 Å². The van der Waals surface area contributed by atoms with E-state index in [1.54, 1.807) is 71.8 Å². The molecule has 0 radical (unpaired) electrons. The minimum atomic E-state index is -1.43. The number of nitrogens with zero attached hydrogens (tertiary/aromatic N) is 9. The summed E-state index contributed by atoms with van der Waals surface area (Å²) >= 11 is 6.86. The zero-order chi connectivity index (χ0) is 63.6. The van der Waals surface area contributed by atoms with Crippen molar-refractivity contribution in [1.29, 1.82) is 0 Å². The number of alkyl carbamates (subject to hydrolysis) is 1. The smallest absolute Gasteiger partial charge is 0.407 e. The van der Waals surface area contributed by atoms with Crippen LogP contribution in [0.25, 0.3) is 43.4 Å². The van der Waals surface area contributed by atoms with Crippen LogP contribution in [0.1, 0.15) is 123 Å². The summed E-state index contributed by atoms with van der Waals surface area (Å²) in [6.07, 6.45) is -1.21. The average Bonchev–Trinajstić information content (AvgIpc) is 1.67. The van der Waals surface area contributed by atoms with Gasteiger partial charge in [0.05, 0.1) is 30.7 Å². The molecule has 12 rings (SSSR count). The number of phenols is 1. The van der Waals surface area contributed by atoms with E-state index in [0.717, 1.165) is 59.9 Å². The Kier molecular flexibility index (Phi) is 18.5. The number of pyridine rings is 1. The van der Waals surface area contributed by atoms with Crippen molar-refractivity contribution in [2.45, 2.75) is 75.9 Å². The summed E-state index contributed by atoms with van der Waals surface area (Å²) in [6.45, 7) is 6.31. The Labute approximate surface area is 543 Å². The molecule has 2 fully saturated rings. The highest BCUT2D eigenvalue weighted by Gasteiger charge is 2.48. The summed E-state index contributed by atoms with van der Waals surface area (Å²) in [7, 11) is 0. The van der Waals surface area contributed by atoms with Gasteiger partial charge in [-0.25, -0.2) is 39.7 Å². The van der Waals surface area contributed by atoms with Crippen molar-refractivity contribution in [3.05, 3.63) is 147 Å². The molecule has 7 amide bonds. The van der Waals surface area contributed by atoms with Crippen LogP contribution < -0.4 is 32.7 Å². The number of fused-ring (bicyclic) bond motifs is 16. The zero-order valence-electron chi connectivity index (χ0n) is 48.4. The molecule has 0 unspecified atom stereocenters. The highest BCUT2D eigenvalue weighted by Crippen LogP contribution is 2.44. The van der Waals surface area contributed by atoms with E-state index in [4.69, 9.17) is 36.1 Å². The summed E-state index contributed by atoms with van der Waals surface area (Å²) in [4.78, 5) is 136. The molecule has 9 aromatic rings. The number of nitrogens with two attached hydrogens (primary N) is 2. The highest BCUT2D eigenvalue weighted by molar-refractivity contribution is 7.15. The van der Waals surface area contributed by atoms with Crippen molar-refractivity contribution in [1.82, 2.24) is 66.0 Å². The molecule has 468 valence electrons. The number of aliphatic hydroxyl groups excluding tert-OH is 1. The second kappa shape index (κ2) is 26.9. The largest absolute Gasteiger partial charge is 0.508 e. The quantitative estimate of drug-likeness (QED) is 0.0598. The van der Waals surface area contributed by atoms with Gasteiger partial charge in [-0.1, -0.05) is 49.4 Å². The van der Waals surface area contributed by atoms with Crippen LogP contribution in [0.5, 0.6) is 5.75 Å². The number of carbonyl (C=O) groups excluding carboxylic acids is 7. The minimum absolute atomic E-state index is 0.0148. The molecule has 10 bridgehead atoms. The van der Waals surface area contributed by atoms with Crippen LogP contribution in [0.4, 0.5) is 4.79 Å². The molecule has 7 aromatic heterocycles. The third-order valence-corrected chi connectivity index (χ3v) is 21.1. The number of amides is 7. The fourth-order valence-corrected chi connectivity index (χ4v) is 16.3. The van der Waals surface area contributed by atoms with Gasteiger partial charge >= 0.3 is 6.09 Å². The second-order valence-corrected chi connectivity index (χ2v) is 27.4. The fourth-order valence-electron chi connectivity index (χ4n) is 10.9. The number of likely N-dealkylation sites (tertiary alicyclic amines) is 1. The van der Waals surface area contributed by atoms with Crippen molar-refractivity contribution in [2.75, 3.05) is 32.7 Å². The Morgan fingerprint density at radius 3 is 2.10 bits per heavy atom. The topological polar surface area (TPSA) is 366 Å². The van der Waals surface area contributed by atoms with Gasteiger partial charge in [-0.05, 0) is 68.2 Å². The summed E-state index contributed by atoms with van der Waals surface area (Å²) in [6, 6.07) is 13.6. The van der Waals surface area contributed by atoms with Gasteiger partial charge in [-0.3, -0.25) is 28.8 Å². The number of aliphatic hydroxyl groups is 1. The van der Waals surface area contributed by atoms with Gasteiger partial charge in [0.2, 0.25) is 11.8 Å². The Bertz CT molecular complexity index is 4220. The Morgan fingerprint density at radius 2 is 1.35 bits per heavy atom. The lowest BCUT2D eigenvalue weighted by molar-refractivity contribution is -0.134. The lowest BCUT2D eigenvalue weighted by Gasteiger charge is -2.29. The molecule has 3 aliphatic rings. The van der Waals surface area contributed by atoms with E-state index in [1.165, 1.54) is 62.3 Å². The molecular weight excluding hydrogens is 1280 g/mol. The molecule has 7 atom stereocenters. The summed E-state index contributed by atoms with van der Waals surface area (Å²) in [5, 5.41) is 44.0. The van der Waals surface area contributed by atoms with E-state index in [-0.39, 0.29) is 51.5 Å². The zero-order valence-corrected chi connectivity index (χ0v) is 53.3. The SMILES string of the molecule is Cc1sc2nc1C(=O)N[C@@H]([C@H](O)c1ccccc1)c1nc(cs1)C(=O)N[C@@H](Cc1ccc(O)cc1)C(=O)N1C[C@H](OC(=O)NCCN3CCCC3)[C@H](C)[C@H]1c1nc(cs1)-c1nc(cs1)-c1nc(-c3nc(C(N)=O)cs3)ccc1-c1nc(cs1)C(=O)N[C@H]2CC(N)=O. The number of aromatic hydroxyl groups is 1. The van der Waals surface area contributed by atoms with Crippen LogP contribution in [-0.4, -0.2) is 141 Å². The van der Waals surface area contributed by atoms with Crippen molar-refractivity contribution in [3.8, 4) is 49.1 Å². The highest BCUT2D eigenvalue weighted by atomic mass is 32.1. The molecule has 10 heterocycles. The molecule has 2 saturated heterocycles. The van der Waals surface area contributed by atoms with Crippen molar-refractivity contribution in [2.24, 2.45) is 17.4 Å². The van der Waals surface area contributed by atoms with Gasteiger partial charge in [-0.15, -0.1) is 68.0 Å². The number of hydrogen-bond donors (Lipinski definition) is 8. The number of phenolic OH excluding ortho intramolecular Hbond substituents is 1. The van der Waals surface area contributed by atoms with E-state index < -0.39 is 90.3 Å². The van der Waals surface area contributed by atoms with Crippen LogP contribution >= 0.6 is 68.0 Å². The molecule has 31 heteroatoms. The fraction of sp³-hybridized carbons (Fsp3) is 0.300. The molecule has 0 spiro atoms. The number of benzene rings is 2. The molecule has 2 aromatic carbocycles. The number of primary amides is 2. The van der Waals surface area contributed by atoms with Gasteiger partial charge < -0.3 is 57.5 Å². The Morgan fingerprint density at radius 1 is 0.692 bits per heavy atom. The van der Waals surface area contributed by atoms with E-state index in [1.807, 2.05) is 12.3 Å². The predicted octanol–water partition coefficient (Wildman–Crippen LogP) is 7.22. The third-order valence-electron chi connectivity index (χ3n) is 15.6. The van der Waals surface area contributed by atoms with Crippen LogP contribution in [0.2, 0.25) is 0 Å². The molecule has 25 nitrogen and oxygen atoms in total. The van der Waals surface area contributed by atoms with E-state index in [0.29, 0.717) is 77.5 Å². The first-order valence-electron chi connectivity index (χ1n) is 28.7. The molecule has 10 N–H and O–H groups in total. The average molecular weight is 1340 g/mol. The van der Waals surface area contributed by atoms with Crippen molar-refractivity contribution < 1.29 is 48.5 Å². The summed E-state index contributed by atoms with van der Waals surface area (Å²) < 4.78 is 6.15. The summed E-state index contributed by atoms with van der Waals surface area (Å²) in [5.41, 5.74) is 14.1. The number of thiazole rings is 6. The molecule has 0 aliphatic carbocycles. The van der Waals surface area contributed by atoms with Crippen LogP contribution in [-0.2, 0) is 20.7 Å². The van der Waals surface area contributed by atoms with Crippen molar-refractivity contribution >= 4 is 110 Å². The van der Waals surface area contributed by atoms with Gasteiger partial charge in [0.1, 0.15) is 99.9 Å². The third kappa shape index (κ3) is 13.8. The number of aromatic nitrogens is 7. The van der Waals surface area contributed by atoms with Crippen LogP contribution in [0.3, 0.4) is 0 Å². The Hall–Kier alpha value is -8.82. The number of nitrogens with one attached hydrogen (secondary N) is 4. The van der Waals surface area contributed by atoms with Crippen LogP contribution in [0.15, 0.2) is 93.6 Å². The first-order valence-corrected chi connectivity index (χ1v) is 33.9. The van der Waals surface area contributed by atoms with Gasteiger partial charge in [0.25, 0.3) is 23.6 Å². The van der Waals surface area contributed by atoms with E-state index in [2.05, 4.69) is 41.1 Å². The van der Waals surface area contributed by atoms with Gasteiger partial charge in [0.15, 0.2) is 0 Å². The van der Waals surface area contributed by atoms with Crippen molar-refractivity contribution in [3.63, 3.8) is 0 Å². The number of carbonyl (C=O) groups is 7.